The van der Waals surface area contributed by atoms with Crippen molar-refractivity contribution < 1.29 is 9.90 Å². The van der Waals surface area contributed by atoms with Gasteiger partial charge in [0, 0.05) is 21.7 Å². The van der Waals surface area contributed by atoms with Crippen LogP contribution in [0.1, 0.15) is 20.3 Å². The highest BCUT2D eigenvalue weighted by Crippen LogP contribution is 2.22. The summed E-state index contributed by atoms with van der Waals surface area (Å²) < 4.78 is 0. The van der Waals surface area contributed by atoms with Crippen molar-refractivity contribution in [2.24, 2.45) is 0 Å². The maximum atomic E-state index is 11.0. The van der Waals surface area contributed by atoms with E-state index in [1.54, 1.807) is 11.8 Å². The van der Waals surface area contributed by atoms with E-state index in [-0.39, 0.29) is 6.04 Å². The van der Waals surface area contributed by atoms with Gasteiger partial charge in [-0.2, -0.15) is 0 Å². The van der Waals surface area contributed by atoms with Crippen molar-refractivity contribution in [2.45, 2.75) is 37.2 Å². The molecule has 0 amide bonds. The second-order valence-electron chi connectivity index (χ2n) is 4.31. The summed E-state index contributed by atoms with van der Waals surface area (Å²) in [7, 11) is 0. The molecule has 1 aromatic carbocycles. The number of rotatable bonds is 7. The van der Waals surface area contributed by atoms with Gasteiger partial charge in [-0.3, -0.25) is 4.79 Å². The number of carboxylic acids is 1. The number of benzene rings is 1. The van der Waals surface area contributed by atoms with Crippen molar-refractivity contribution in [3.05, 3.63) is 29.3 Å². The number of nitrogens with one attached hydrogen (secondary N) is 1. The van der Waals surface area contributed by atoms with Crippen LogP contribution >= 0.6 is 23.4 Å². The third kappa shape index (κ3) is 5.76. The van der Waals surface area contributed by atoms with Crippen LogP contribution in [-0.2, 0) is 4.79 Å². The number of carboxylic acid groups (broad SMARTS) is 1. The largest absolute Gasteiger partial charge is 0.480 e. The van der Waals surface area contributed by atoms with Crippen LogP contribution in [0.15, 0.2) is 29.2 Å². The Balaban J connectivity index is 2.41. The van der Waals surface area contributed by atoms with Crippen molar-refractivity contribution in [1.82, 2.24) is 5.32 Å². The van der Waals surface area contributed by atoms with Crippen LogP contribution in [0, 0.1) is 0 Å². The molecule has 0 saturated carbocycles. The van der Waals surface area contributed by atoms with Crippen LogP contribution in [-0.4, -0.2) is 28.9 Å². The lowest BCUT2D eigenvalue weighted by Crippen LogP contribution is -2.41. The molecule has 1 rings (SSSR count). The van der Waals surface area contributed by atoms with E-state index in [0.717, 1.165) is 10.6 Å². The van der Waals surface area contributed by atoms with E-state index < -0.39 is 12.0 Å². The minimum atomic E-state index is -0.796. The van der Waals surface area contributed by atoms with E-state index in [2.05, 4.69) is 5.32 Å². The Hall–Kier alpha value is -0.710. The maximum Gasteiger partial charge on any atom is 0.320 e. The fourth-order valence-corrected chi connectivity index (χ4v) is 2.76. The first kappa shape index (κ1) is 15.3. The van der Waals surface area contributed by atoms with Crippen LogP contribution < -0.4 is 5.32 Å². The molecule has 0 aliphatic rings. The number of hydrogen-bond acceptors (Lipinski definition) is 3. The van der Waals surface area contributed by atoms with Crippen molar-refractivity contribution in [3.8, 4) is 0 Å². The first-order valence-corrected chi connectivity index (χ1v) is 7.22. The Morgan fingerprint density at radius 3 is 2.78 bits per heavy atom. The lowest BCUT2D eigenvalue weighted by atomic mass is 10.2. The van der Waals surface area contributed by atoms with Gasteiger partial charge in [0.1, 0.15) is 6.04 Å². The number of thioether (sulfide) groups is 1. The minimum Gasteiger partial charge on any atom is -0.480 e. The molecule has 5 heteroatoms. The fraction of sp³-hybridized carbons (Fsp3) is 0.462. The van der Waals surface area contributed by atoms with Crippen LogP contribution in [0.5, 0.6) is 0 Å². The van der Waals surface area contributed by atoms with Crippen LogP contribution in [0.25, 0.3) is 0 Å². The van der Waals surface area contributed by atoms with E-state index in [0.29, 0.717) is 11.4 Å². The molecule has 0 saturated heterocycles. The van der Waals surface area contributed by atoms with Gasteiger partial charge in [-0.25, -0.2) is 0 Å². The van der Waals surface area contributed by atoms with Crippen molar-refractivity contribution in [3.63, 3.8) is 0 Å². The van der Waals surface area contributed by atoms with Gasteiger partial charge < -0.3 is 10.4 Å². The standard InChI is InChI=1S/C13H18ClNO2S/c1-9(2)15-12(13(16)17)6-7-18-11-5-3-4-10(14)8-11/h3-5,8-9,12,15H,6-7H2,1-2H3,(H,16,17). The van der Waals surface area contributed by atoms with E-state index in [9.17, 15) is 4.79 Å². The highest BCUT2D eigenvalue weighted by Gasteiger charge is 2.17. The minimum absolute atomic E-state index is 0.169. The second-order valence-corrected chi connectivity index (χ2v) is 5.91. The summed E-state index contributed by atoms with van der Waals surface area (Å²) in [4.78, 5) is 12.1. The molecule has 1 unspecified atom stereocenters. The zero-order valence-electron chi connectivity index (χ0n) is 10.5. The summed E-state index contributed by atoms with van der Waals surface area (Å²) in [6, 6.07) is 7.26. The average Bonchev–Trinajstić information content (AvgIpc) is 2.27. The molecule has 0 radical (unpaired) electrons. The maximum absolute atomic E-state index is 11.0. The van der Waals surface area contributed by atoms with Gasteiger partial charge in [0.15, 0.2) is 0 Å². The van der Waals surface area contributed by atoms with Gasteiger partial charge in [0.25, 0.3) is 0 Å². The average molecular weight is 288 g/mol. The van der Waals surface area contributed by atoms with Crippen LogP contribution in [0.4, 0.5) is 0 Å². The van der Waals surface area contributed by atoms with Crippen molar-refractivity contribution in [2.75, 3.05) is 5.75 Å². The molecule has 0 heterocycles. The van der Waals surface area contributed by atoms with Crippen LogP contribution in [0.3, 0.4) is 0 Å². The Morgan fingerprint density at radius 1 is 1.50 bits per heavy atom. The van der Waals surface area contributed by atoms with E-state index in [4.69, 9.17) is 16.7 Å². The zero-order valence-corrected chi connectivity index (χ0v) is 12.1. The number of carbonyl (C=O) groups is 1. The third-order valence-corrected chi connectivity index (χ3v) is 3.57. The molecule has 18 heavy (non-hydrogen) atoms. The predicted octanol–water partition coefficient (Wildman–Crippen LogP) is 3.27. The van der Waals surface area contributed by atoms with Gasteiger partial charge in [0.2, 0.25) is 0 Å². The topological polar surface area (TPSA) is 49.3 Å². The van der Waals surface area contributed by atoms with Gasteiger partial charge >= 0.3 is 5.97 Å². The molecule has 100 valence electrons. The summed E-state index contributed by atoms with van der Waals surface area (Å²) in [6.07, 6.45) is 0.588. The van der Waals surface area contributed by atoms with Crippen LogP contribution in [0.2, 0.25) is 5.02 Å². The molecule has 3 nitrogen and oxygen atoms in total. The summed E-state index contributed by atoms with van der Waals surface area (Å²) >= 11 is 7.51. The summed E-state index contributed by atoms with van der Waals surface area (Å²) in [5.41, 5.74) is 0. The second kappa shape index (κ2) is 7.67. The summed E-state index contributed by atoms with van der Waals surface area (Å²) in [6.45, 7) is 3.89. The highest BCUT2D eigenvalue weighted by molar-refractivity contribution is 7.99. The Labute approximate surface area is 117 Å². The quantitative estimate of drug-likeness (QED) is 0.756. The molecule has 0 bridgehead atoms. The lowest BCUT2D eigenvalue weighted by molar-refractivity contribution is -0.139. The number of aliphatic carboxylic acids is 1. The Bertz CT molecular complexity index is 398. The molecule has 0 fully saturated rings. The van der Waals surface area contributed by atoms with E-state index in [1.807, 2.05) is 38.1 Å². The molecule has 2 N–H and O–H groups in total. The normalized spacial score (nSPS) is 12.7. The SMILES string of the molecule is CC(C)NC(CCSc1cccc(Cl)c1)C(=O)O. The first-order chi connectivity index (χ1) is 8.49. The molecule has 0 aliphatic carbocycles. The monoisotopic (exact) mass is 287 g/mol. The zero-order chi connectivity index (χ0) is 13.5. The van der Waals surface area contributed by atoms with Gasteiger partial charge in [-0.1, -0.05) is 31.5 Å². The molecule has 0 aliphatic heterocycles. The molecule has 0 spiro atoms. The summed E-state index contributed by atoms with van der Waals surface area (Å²) in [5.74, 6) is -0.0489. The van der Waals surface area contributed by atoms with Gasteiger partial charge in [0.05, 0.1) is 0 Å². The summed E-state index contributed by atoms with van der Waals surface area (Å²) in [5, 5.41) is 12.8. The van der Waals surface area contributed by atoms with Crippen molar-refractivity contribution in [1.29, 1.82) is 0 Å². The third-order valence-electron chi connectivity index (χ3n) is 2.30. The van der Waals surface area contributed by atoms with Gasteiger partial charge in [-0.05, 0) is 24.6 Å². The highest BCUT2D eigenvalue weighted by atomic mass is 35.5. The molecule has 1 atom stereocenters. The van der Waals surface area contributed by atoms with Gasteiger partial charge in [-0.15, -0.1) is 11.8 Å². The number of halogens is 1. The Morgan fingerprint density at radius 2 is 2.22 bits per heavy atom. The molecule has 1 aromatic rings. The fourth-order valence-electron chi connectivity index (χ4n) is 1.53. The Kier molecular flexibility index (Phi) is 6.54. The molecular formula is C13H18ClNO2S. The molecule has 0 aromatic heterocycles. The van der Waals surface area contributed by atoms with E-state index >= 15 is 0 Å². The number of hydrogen-bond donors (Lipinski definition) is 2. The first-order valence-electron chi connectivity index (χ1n) is 5.86. The molecular weight excluding hydrogens is 270 g/mol. The lowest BCUT2D eigenvalue weighted by Gasteiger charge is -2.16. The van der Waals surface area contributed by atoms with E-state index in [1.165, 1.54) is 0 Å². The smallest absolute Gasteiger partial charge is 0.320 e. The van der Waals surface area contributed by atoms with Crippen molar-refractivity contribution >= 4 is 29.3 Å². The predicted molar refractivity (Wildman–Crippen MR) is 76.5 cm³/mol.